The van der Waals surface area contributed by atoms with E-state index in [1.54, 1.807) is 7.05 Å². The maximum Gasteiger partial charge on any atom is 0.238 e. The second-order valence-electron chi connectivity index (χ2n) is 4.22. The summed E-state index contributed by atoms with van der Waals surface area (Å²) in [6.07, 6.45) is 4.15. The monoisotopic (exact) mass is 217 g/mol. The molecule has 80 valence electrons. The van der Waals surface area contributed by atoms with Crippen LogP contribution < -0.4 is 0 Å². The van der Waals surface area contributed by atoms with Crippen LogP contribution in [0.4, 0.5) is 0 Å². The van der Waals surface area contributed by atoms with Crippen molar-refractivity contribution in [1.29, 1.82) is 0 Å². The fourth-order valence-electron chi connectivity index (χ4n) is 2.58. The van der Waals surface area contributed by atoms with Gasteiger partial charge in [0.2, 0.25) is 5.91 Å². The van der Waals surface area contributed by atoms with Crippen LogP contribution in [0.25, 0.3) is 0 Å². The molecule has 0 unspecified atom stereocenters. The fourth-order valence-corrected chi connectivity index (χ4v) is 4.80. The lowest BCUT2D eigenvalue weighted by atomic mass is 9.94. The van der Waals surface area contributed by atoms with E-state index in [9.17, 15) is 13.2 Å². The van der Waals surface area contributed by atoms with Crippen LogP contribution >= 0.6 is 0 Å². The zero-order valence-electron chi connectivity index (χ0n) is 8.32. The van der Waals surface area contributed by atoms with Gasteiger partial charge in [-0.2, -0.15) is 0 Å². The number of hydrogen-bond donors (Lipinski definition) is 0. The van der Waals surface area contributed by atoms with Gasteiger partial charge < -0.3 is 4.90 Å². The molecule has 0 radical (unpaired) electrons. The SMILES string of the molecule is CN1C(=O)CS(=O)(=O)C12CCCCC2. The van der Waals surface area contributed by atoms with Gasteiger partial charge in [-0.3, -0.25) is 4.79 Å². The maximum atomic E-state index is 11.9. The molecule has 1 spiro atoms. The van der Waals surface area contributed by atoms with Crippen molar-refractivity contribution in [1.82, 2.24) is 4.90 Å². The third-order valence-electron chi connectivity index (χ3n) is 3.51. The molecule has 0 atom stereocenters. The number of carbonyl (C=O) groups is 1. The van der Waals surface area contributed by atoms with E-state index in [2.05, 4.69) is 0 Å². The second-order valence-corrected chi connectivity index (χ2v) is 6.50. The van der Waals surface area contributed by atoms with Crippen molar-refractivity contribution in [3.05, 3.63) is 0 Å². The van der Waals surface area contributed by atoms with Gasteiger partial charge in [0.1, 0.15) is 10.6 Å². The third kappa shape index (κ3) is 1.11. The van der Waals surface area contributed by atoms with Crippen molar-refractivity contribution in [3.63, 3.8) is 0 Å². The highest BCUT2D eigenvalue weighted by atomic mass is 32.2. The van der Waals surface area contributed by atoms with Gasteiger partial charge >= 0.3 is 0 Å². The molecule has 5 heteroatoms. The second kappa shape index (κ2) is 2.95. The summed E-state index contributed by atoms with van der Waals surface area (Å²) in [4.78, 5) is 12.0. The molecule has 14 heavy (non-hydrogen) atoms. The molecule has 1 aliphatic carbocycles. The summed E-state index contributed by atoms with van der Waals surface area (Å²) in [6, 6.07) is 0. The van der Waals surface area contributed by atoms with Crippen molar-refractivity contribution < 1.29 is 13.2 Å². The van der Waals surface area contributed by atoms with Gasteiger partial charge in [0.15, 0.2) is 9.84 Å². The highest BCUT2D eigenvalue weighted by Gasteiger charge is 2.55. The molecule has 1 saturated carbocycles. The van der Waals surface area contributed by atoms with Gasteiger partial charge in [-0.1, -0.05) is 19.3 Å². The quantitative estimate of drug-likeness (QED) is 0.595. The van der Waals surface area contributed by atoms with E-state index < -0.39 is 14.7 Å². The van der Waals surface area contributed by atoms with Crippen LogP contribution in [-0.4, -0.2) is 36.9 Å². The molecule has 4 nitrogen and oxygen atoms in total. The maximum absolute atomic E-state index is 11.9. The first-order chi connectivity index (χ1) is 6.50. The van der Waals surface area contributed by atoms with E-state index >= 15 is 0 Å². The lowest BCUT2D eigenvalue weighted by molar-refractivity contribution is -0.129. The van der Waals surface area contributed by atoms with Gasteiger partial charge in [0, 0.05) is 7.05 Å². The fraction of sp³-hybridized carbons (Fsp3) is 0.889. The van der Waals surface area contributed by atoms with Gasteiger partial charge in [0.05, 0.1) is 0 Å². The molecule has 1 heterocycles. The molecular formula is C9H15NO3S. The van der Waals surface area contributed by atoms with Crippen LogP contribution in [0.15, 0.2) is 0 Å². The van der Waals surface area contributed by atoms with Crippen LogP contribution in [0.2, 0.25) is 0 Å². The van der Waals surface area contributed by atoms with E-state index in [1.807, 2.05) is 0 Å². The molecule has 0 bridgehead atoms. The molecule has 2 rings (SSSR count). The lowest BCUT2D eigenvalue weighted by Gasteiger charge is -2.37. The van der Waals surface area contributed by atoms with Gasteiger partial charge in [0.25, 0.3) is 0 Å². The summed E-state index contributed by atoms with van der Waals surface area (Å²) < 4.78 is 23.8. The Morgan fingerprint density at radius 1 is 1.21 bits per heavy atom. The van der Waals surface area contributed by atoms with E-state index in [-0.39, 0.29) is 11.7 Å². The van der Waals surface area contributed by atoms with Gasteiger partial charge in [-0.15, -0.1) is 0 Å². The molecule has 1 amide bonds. The Morgan fingerprint density at radius 2 is 1.79 bits per heavy atom. The van der Waals surface area contributed by atoms with E-state index in [1.165, 1.54) is 4.90 Å². The van der Waals surface area contributed by atoms with Crippen LogP contribution in [0, 0.1) is 0 Å². The Balaban J connectivity index is 2.44. The number of rotatable bonds is 0. The van der Waals surface area contributed by atoms with Crippen LogP contribution in [0.5, 0.6) is 0 Å². The highest BCUT2D eigenvalue weighted by Crippen LogP contribution is 2.41. The number of amides is 1. The Hall–Kier alpha value is -0.580. The molecule has 2 fully saturated rings. The summed E-state index contributed by atoms with van der Waals surface area (Å²) in [5.41, 5.74) is 0. The van der Waals surface area contributed by atoms with Gasteiger partial charge in [-0.05, 0) is 12.8 Å². The Labute approximate surface area is 84.2 Å². The number of nitrogens with zero attached hydrogens (tertiary/aromatic N) is 1. The summed E-state index contributed by atoms with van der Waals surface area (Å²) >= 11 is 0. The zero-order chi connectivity index (χ0) is 10.4. The van der Waals surface area contributed by atoms with Crippen molar-refractivity contribution in [2.24, 2.45) is 0 Å². The smallest absolute Gasteiger partial charge is 0.238 e. The summed E-state index contributed by atoms with van der Waals surface area (Å²) in [5.74, 6) is -0.532. The summed E-state index contributed by atoms with van der Waals surface area (Å²) in [5, 5.41) is 0. The highest BCUT2D eigenvalue weighted by molar-refractivity contribution is 7.93. The van der Waals surface area contributed by atoms with Crippen molar-refractivity contribution in [2.75, 3.05) is 12.8 Å². The summed E-state index contributed by atoms with van der Waals surface area (Å²) in [6.45, 7) is 0. The normalized spacial score (nSPS) is 29.8. The molecule has 0 aromatic heterocycles. The molecule has 1 saturated heterocycles. The lowest BCUT2D eigenvalue weighted by Crippen LogP contribution is -2.48. The van der Waals surface area contributed by atoms with Crippen molar-refractivity contribution in [2.45, 2.75) is 37.0 Å². The third-order valence-corrected chi connectivity index (χ3v) is 5.98. The topological polar surface area (TPSA) is 54.5 Å². The number of sulfone groups is 1. The molecule has 0 N–H and O–H groups in total. The standard InChI is InChI=1S/C9H15NO3S/c1-10-8(11)7-14(12,13)9(10)5-3-2-4-6-9/h2-7H2,1H3. The molecular weight excluding hydrogens is 202 g/mol. The average Bonchev–Trinajstić information content (AvgIpc) is 2.30. The van der Waals surface area contributed by atoms with Crippen LogP contribution in [-0.2, 0) is 14.6 Å². The van der Waals surface area contributed by atoms with Crippen molar-refractivity contribution in [3.8, 4) is 0 Å². The predicted molar refractivity (Wildman–Crippen MR) is 52.4 cm³/mol. The van der Waals surface area contributed by atoms with Crippen molar-refractivity contribution >= 4 is 15.7 Å². The van der Waals surface area contributed by atoms with E-state index in [0.29, 0.717) is 12.8 Å². The number of carbonyl (C=O) groups excluding carboxylic acids is 1. The Morgan fingerprint density at radius 3 is 2.21 bits per heavy atom. The minimum Gasteiger partial charge on any atom is -0.325 e. The summed E-state index contributed by atoms with van der Waals surface area (Å²) in [7, 11) is -1.61. The average molecular weight is 217 g/mol. The molecule has 0 aromatic carbocycles. The van der Waals surface area contributed by atoms with Crippen LogP contribution in [0.3, 0.4) is 0 Å². The van der Waals surface area contributed by atoms with E-state index in [0.717, 1.165) is 19.3 Å². The molecule has 1 aliphatic heterocycles. The first-order valence-electron chi connectivity index (χ1n) is 4.99. The Kier molecular flexibility index (Phi) is 2.10. The largest absolute Gasteiger partial charge is 0.325 e. The first-order valence-corrected chi connectivity index (χ1v) is 6.64. The first kappa shape index (κ1) is 9.96. The molecule has 2 aliphatic rings. The van der Waals surface area contributed by atoms with E-state index in [4.69, 9.17) is 0 Å². The zero-order valence-corrected chi connectivity index (χ0v) is 9.14. The van der Waals surface area contributed by atoms with Crippen LogP contribution in [0.1, 0.15) is 32.1 Å². The predicted octanol–water partition coefficient (Wildman–Crippen LogP) is 0.534. The minimum absolute atomic E-state index is 0.244. The number of hydrogen-bond acceptors (Lipinski definition) is 3. The molecule has 0 aromatic rings. The van der Waals surface area contributed by atoms with Gasteiger partial charge in [-0.25, -0.2) is 8.42 Å². The minimum atomic E-state index is -3.23. The Bertz CT molecular complexity index is 354.